The summed E-state index contributed by atoms with van der Waals surface area (Å²) in [6.45, 7) is 6.00. The highest BCUT2D eigenvalue weighted by Crippen LogP contribution is 2.23. The molecule has 38 heavy (non-hydrogen) atoms. The summed E-state index contributed by atoms with van der Waals surface area (Å²) in [4.78, 5) is 46.2. The van der Waals surface area contributed by atoms with Gasteiger partial charge in [-0.15, -0.1) is 0 Å². The van der Waals surface area contributed by atoms with Gasteiger partial charge in [-0.1, -0.05) is 54.6 Å². The molecule has 0 saturated carbocycles. The number of nitrogens with one attached hydrogen (secondary N) is 2. The zero-order chi connectivity index (χ0) is 27.3. The van der Waals surface area contributed by atoms with Crippen molar-refractivity contribution in [3.05, 3.63) is 93.7 Å². The van der Waals surface area contributed by atoms with Crippen LogP contribution < -0.4 is 21.9 Å². The van der Waals surface area contributed by atoms with Crippen LogP contribution in [0.3, 0.4) is 0 Å². The summed E-state index contributed by atoms with van der Waals surface area (Å²) in [7, 11) is 0. The molecule has 10 heteroatoms. The number of hydrogen-bond acceptors (Lipinski definition) is 6. The van der Waals surface area contributed by atoms with Crippen LogP contribution >= 0.6 is 0 Å². The Balaban J connectivity index is 1.37. The third-order valence-corrected chi connectivity index (χ3v) is 5.97. The Bertz CT molecular complexity index is 1390. The van der Waals surface area contributed by atoms with E-state index in [-0.39, 0.29) is 23.8 Å². The number of nitrogens with two attached hydrogens (primary N) is 1. The molecule has 10 nitrogen and oxygen atoms in total. The van der Waals surface area contributed by atoms with Crippen LogP contribution in [0.1, 0.15) is 55.7 Å². The highest BCUT2D eigenvalue weighted by molar-refractivity contribution is 6.02. The summed E-state index contributed by atoms with van der Waals surface area (Å²) in [5, 5.41) is 6.05. The van der Waals surface area contributed by atoms with Crippen molar-refractivity contribution in [1.82, 2.24) is 14.9 Å². The van der Waals surface area contributed by atoms with Gasteiger partial charge in [-0.25, -0.2) is 9.78 Å². The van der Waals surface area contributed by atoms with Crippen LogP contribution in [0.25, 0.3) is 0 Å². The fourth-order valence-corrected chi connectivity index (χ4v) is 4.12. The van der Waals surface area contributed by atoms with Gasteiger partial charge in [0.1, 0.15) is 29.0 Å². The molecule has 2 heterocycles. The normalized spacial score (nSPS) is 15.0. The van der Waals surface area contributed by atoms with E-state index in [4.69, 9.17) is 10.5 Å². The van der Waals surface area contributed by atoms with Gasteiger partial charge >= 0.3 is 6.09 Å². The van der Waals surface area contributed by atoms with Gasteiger partial charge in [0, 0.05) is 25.1 Å². The Kier molecular flexibility index (Phi) is 7.90. The third kappa shape index (κ3) is 6.64. The van der Waals surface area contributed by atoms with Crippen LogP contribution in [-0.2, 0) is 29.0 Å². The zero-order valence-corrected chi connectivity index (χ0v) is 21.7. The second-order valence-corrected chi connectivity index (χ2v) is 10.0. The Morgan fingerprint density at radius 3 is 2.45 bits per heavy atom. The van der Waals surface area contributed by atoms with Gasteiger partial charge in [0.25, 0.3) is 5.56 Å². The zero-order valence-electron chi connectivity index (χ0n) is 21.7. The number of nitrogens with zero attached hydrogens (tertiary/aromatic N) is 3. The molecule has 1 aromatic heterocycles. The van der Waals surface area contributed by atoms with E-state index in [9.17, 15) is 14.4 Å². The number of hydrogen-bond donors (Lipinski definition) is 3. The van der Waals surface area contributed by atoms with E-state index in [0.29, 0.717) is 36.5 Å². The smallest absolute Gasteiger partial charge is 0.436 e. The third-order valence-electron chi connectivity index (χ3n) is 5.97. The Morgan fingerprint density at radius 2 is 1.76 bits per heavy atom. The molecule has 0 radical (unpaired) electrons. The van der Waals surface area contributed by atoms with Gasteiger partial charge in [-0.3, -0.25) is 14.2 Å². The summed E-state index contributed by atoms with van der Waals surface area (Å²) >= 11 is 0. The number of aryl methyl sites for hydroxylation is 1. The number of amides is 2. The van der Waals surface area contributed by atoms with Gasteiger partial charge in [0.05, 0.1) is 6.20 Å². The number of carbonyl (C=O) groups excluding carboxylic acids is 2. The first-order valence-electron chi connectivity index (χ1n) is 12.4. The maximum absolute atomic E-state index is 13.1. The van der Waals surface area contributed by atoms with Gasteiger partial charge in [0.15, 0.2) is 0 Å². The lowest BCUT2D eigenvalue weighted by atomic mass is 10.1. The van der Waals surface area contributed by atoms with E-state index in [1.807, 2.05) is 30.3 Å². The predicted octanol–water partition coefficient (Wildman–Crippen LogP) is 3.30. The van der Waals surface area contributed by atoms with Crippen LogP contribution in [0.15, 0.2) is 70.6 Å². The van der Waals surface area contributed by atoms with E-state index < -0.39 is 17.7 Å². The number of benzene rings is 2. The number of ether oxygens (including phenoxy) is 1. The van der Waals surface area contributed by atoms with Crippen molar-refractivity contribution in [2.75, 3.05) is 5.32 Å². The molecule has 3 aromatic rings. The average Bonchev–Trinajstić information content (AvgIpc) is 3.32. The van der Waals surface area contributed by atoms with Crippen molar-refractivity contribution >= 4 is 23.5 Å². The number of rotatable bonds is 7. The molecule has 0 saturated heterocycles. The molecule has 4 rings (SSSR count). The lowest BCUT2D eigenvalue weighted by Gasteiger charge is -2.17. The molecule has 1 unspecified atom stereocenters. The minimum Gasteiger partial charge on any atom is -0.442 e. The van der Waals surface area contributed by atoms with Crippen molar-refractivity contribution in [3.63, 3.8) is 0 Å². The summed E-state index contributed by atoms with van der Waals surface area (Å²) in [6.07, 6.45) is 1.84. The number of amidine groups is 1. The Morgan fingerprint density at radius 1 is 1.08 bits per heavy atom. The van der Waals surface area contributed by atoms with Gasteiger partial charge in [0.2, 0.25) is 5.91 Å². The quantitative estimate of drug-likeness (QED) is 0.323. The van der Waals surface area contributed by atoms with Gasteiger partial charge < -0.3 is 21.1 Å². The highest BCUT2D eigenvalue weighted by Gasteiger charge is 2.31. The van der Waals surface area contributed by atoms with Crippen LogP contribution in [0.4, 0.5) is 10.5 Å². The minimum atomic E-state index is -0.758. The van der Waals surface area contributed by atoms with E-state index >= 15 is 0 Å². The number of anilines is 1. The summed E-state index contributed by atoms with van der Waals surface area (Å²) in [6, 6.07) is 16.1. The number of aliphatic imine (C=N–C) groups is 1. The van der Waals surface area contributed by atoms with Crippen LogP contribution in [0.5, 0.6) is 0 Å². The maximum Gasteiger partial charge on any atom is 0.436 e. The molecule has 2 aromatic carbocycles. The first-order valence-corrected chi connectivity index (χ1v) is 12.4. The summed E-state index contributed by atoms with van der Waals surface area (Å²) < 4.78 is 6.64. The molecule has 0 bridgehead atoms. The molecule has 4 N–H and O–H groups in total. The largest absolute Gasteiger partial charge is 0.442 e. The Hall–Kier alpha value is -4.47. The first-order chi connectivity index (χ1) is 18.1. The fourth-order valence-electron chi connectivity index (χ4n) is 4.12. The van der Waals surface area contributed by atoms with Crippen molar-refractivity contribution in [2.24, 2.45) is 10.7 Å². The SMILES string of the molecule is CC(C)(C)OC(=O)/N=C(\N)c1ccc(CNC(=O)C2CCc3ncc(NCc4ccccc4)c(=O)n32)cc1. The fraction of sp³-hybridized carbons (Fsp3) is 0.321. The molecular formula is C28H32N6O4. The van der Waals surface area contributed by atoms with Crippen molar-refractivity contribution in [2.45, 2.75) is 58.3 Å². The molecule has 1 atom stereocenters. The minimum absolute atomic E-state index is 0.0425. The van der Waals surface area contributed by atoms with E-state index in [1.54, 1.807) is 45.0 Å². The van der Waals surface area contributed by atoms with E-state index in [0.717, 1.165) is 11.1 Å². The van der Waals surface area contributed by atoms with Crippen molar-refractivity contribution < 1.29 is 14.3 Å². The molecule has 0 spiro atoms. The van der Waals surface area contributed by atoms with Gasteiger partial charge in [-0.2, -0.15) is 4.99 Å². The molecule has 0 fully saturated rings. The van der Waals surface area contributed by atoms with Crippen LogP contribution in [0, 0.1) is 0 Å². The average molecular weight is 517 g/mol. The summed E-state index contributed by atoms with van der Waals surface area (Å²) in [5.74, 6) is 0.397. The number of fused-ring (bicyclic) bond motifs is 1. The monoisotopic (exact) mass is 516 g/mol. The first kappa shape index (κ1) is 26.6. The summed E-state index contributed by atoms with van der Waals surface area (Å²) in [5.41, 5.74) is 7.80. The number of carbonyl (C=O) groups is 2. The second kappa shape index (κ2) is 11.3. The van der Waals surface area contributed by atoms with E-state index in [2.05, 4.69) is 20.6 Å². The highest BCUT2D eigenvalue weighted by atomic mass is 16.6. The topological polar surface area (TPSA) is 141 Å². The van der Waals surface area contributed by atoms with Crippen LogP contribution in [0.2, 0.25) is 0 Å². The lowest BCUT2D eigenvalue weighted by molar-refractivity contribution is -0.124. The second-order valence-electron chi connectivity index (χ2n) is 10.0. The predicted molar refractivity (Wildman–Crippen MR) is 145 cm³/mol. The molecule has 0 aliphatic carbocycles. The van der Waals surface area contributed by atoms with Crippen molar-refractivity contribution in [1.29, 1.82) is 0 Å². The standard InChI is InChI=1S/C28H32N6O4/c1-28(2,3)38-27(37)33-24(29)20-11-9-19(10-12-20)16-32-25(35)22-13-14-23-31-17-21(26(36)34(22)23)30-15-18-7-5-4-6-8-18/h4-12,17,22,30H,13-16H2,1-3H3,(H,32,35)(H2,29,33,37). The molecule has 198 valence electrons. The molecular weight excluding hydrogens is 484 g/mol. The number of aromatic nitrogens is 2. The molecule has 1 aliphatic rings. The maximum atomic E-state index is 13.1. The Labute approximate surface area is 221 Å². The molecule has 1 aliphatic heterocycles. The van der Waals surface area contributed by atoms with Crippen molar-refractivity contribution in [3.8, 4) is 0 Å². The van der Waals surface area contributed by atoms with Crippen LogP contribution in [-0.4, -0.2) is 33.0 Å². The van der Waals surface area contributed by atoms with Gasteiger partial charge in [-0.05, 0) is 38.3 Å². The lowest BCUT2D eigenvalue weighted by Crippen LogP contribution is -2.36. The van der Waals surface area contributed by atoms with E-state index in [1.165, 1.54) is 10.8 Å². The molecule has 2 amide bonds.